The summed E-state index contributed by atoms with van der Waals surface area (Å²) in [4.78, 5) is 0. The molecule has 3 rings (SSSR count). The molecule has 0 nitrogen and oxygen atoms in total. The SMILES string of the molecule is Brc1cc(/C=C/c2ccccc2)ccc1/C=C\c1ccccc1. The number of hydrogen-bond donors (Lipinski definition) is 0. The summed E-state index contributed by atoms with van der Waals surface area (Å²) in [5.74, 6) is 0. The van der Waals surface area contributed by atoms with Crippen LogP contribution in [0.3, 0.4) is 0 Å². The second kappa shape index (κ2) is 7.75. The second-order valence-electron chi connectivity index (χ2n) is 5.27. The van der Waals surface area contributed by atoms with Gasteiger partial charge in [0.15, 0.2) is 0 Å². The van der Waals surface area contributed by atoms with Crippen LogP contribution in [0.5, 0.6) is 0 Å². The molecular weight excluding hydrogens is 344 g/mol. The zero-order valence-corrected chi connectivity index (χ0v) is 14.3. The molecule has 0 fully saturated rings. The van der Waals surface area contributed by atoms with E-state index in [-0.39, 0.29) is 0 Å². The van der Waals surface area contributed by atoms with Gasteiger partial charge in [-0.25, -0.2) is 0 Å². The first-order chi connectivity index (χ1) is 11.3. The molecule has 0 aliphatic rings. The van der Waals surface area contributed by atoms with Crippen LogP contribution in [0, 0.1) is 0 Å². The molecular formula is C22H17Br. The van der Waals surface area contributed by atoms with Gasteiger partial charge < -0.3 is 0 Å². The van der Waals surface area contributed by atoms with Gasteiger partial charge in [-0.05, 0) is 28.3 Å². The predicted octanol–water partition coefficient (Wildman–Crippen LogP) is 6.79. The third kappa shape index (κ3) is 4.54. The smallest absolute Gasteiger partial charge is 0.0253 e. The van der Waals surface area contributed by atoms with Crippen LogP contribution in [0.25, 0.3) is 24.3 Å². The Morgan fingerprint density at radius 3 is 1.61 bits per heavy atom. The van der Waals surface area contributed by atoms with Crippen molar-refractivity contribution < 1.29 is 0 Å². The van der Waals surface area contributed by atoms with Crippen molar-refractivity contribution in [2.24, 2.45) is 0 Å². The second-order valence-corrected chi connectivity index (χ2v) is 6.12. The van der Waals surface area contributed by atoms with Crippen molar-refractivity contribution in [3.8, 4) is 0 Å². The molecule has 0 atom stereocenters. The Balaban J connectivity index is 1.76. The molecule has 1 heteroatoms. The molecule has 23 heavy (non-hydrogen) atoms. The van der Waals surface area contributed by atoms with E-state index in [0.29, 0.717) is 0 Å². The van der Waals surface area contributed by atoms with Crippen LogP contribution >= 0.6 is 15.9 Å². The van der Waals surface area contributed by atoms with Crippen molar-refractivity contribution >= 4 is 40.2 Å². The molecule has 3 aromatic carbocycles. The van der Waals surface area contributed by atoms with E-state index in [0.717, 1.165) is 4.47 Å². The highest BCUT2D eigenvalue weighted by Crippen LogP contribution is 2.22. The van der Waals surface area contributed by atoms with E-state index < -0.39 is 0 Å². The van der Waals surface area contributed by atoms with Crippen molar-refractivity contribution in [3.63, 3.8) is 0 Å². The maximum Gasteiger partial charge on any atom is 0.0253 e. The van der Waals surface area contributed by atoms with E-state index in [1.165, 1.54) is 22.3 Å². The molecule has 0 spiro atoms. The molecule has 112 valence electrons. The van der Waals surface area contributed by atoms with E-state index in [4.69, 9.17) is 0 Å². The fourth-order valence-corrected chi connectivity index (χ4v) is 2.82. The zero-order valence-electron chi connectivity index (χ0n) is 12.7. The lowest BCUT2D eigenvalue weighted by Gasteiger charge is -2.01. The number of halogens is 1. The van der Waals surface area contributed by atoms with Crippen molar-refractivity contribution in [2.75, 3.05) is 0 Å². The Labute approximate surface area is 145 Å². The topological polar surface area (TPSA) is 0 Å². The van der Waals surface area contributed by atoms with Crippen LogP contribution in [0.1, 0.15) is 22.3 Å². The molecule has 0 bridgehead atoms. The summed E-state index contributed by atoms with van der Waals surface area (Å²) in [6.45, 7) is 0. The monoisotopic (exact) mass is 360 g/mol. The van der Waals surface area contributed by atoms with Gasteiger partial charge in [-0.2, -0.15) is 0 Å². The number of benzene rings is 3. The highest BCUT2D eigenvalue weighted by Gasteiger charge is 1.97. The Hall–Kier alpha value is -2.38. The standard InChI is InChI=1S/C22H17Br/c23-22-17-20(12-11-18-7-3-1-4-8-18)14-16-21(22)15-13-19-9-5-2-6-10-19/h1-17H/b12-11+,15-13-. The van der Waals surface area contributed by atoms with Crippen molar-refractivity contribution in [2.45, 2.75) is 0 Å². The van der Waals surface area contributed by atoms with Crippen LogP contribution in [0.2, 0.25) is 0 Å². The van der Waals surface area contributed by atoms with Gasteiger partial charge in [0.25, 0.3) is 0 Å². The quantitative estimate of drug-likeness (QED) is 0.449. The molecule has 0 unspecified atom stereocenters. The summed E-state index contributed by atoms with van der Waals surface area (Å²) in [6, 6.07) is 27.1. The third-order valence-corrected chi connectivity index (χ3v) is 4.23. The summed E-state index contributed by atoms with van der Waals surface area (Å²) in [7, 11) is 0. The molecule has 0 radical (unpaired) electrons. The van der Waals surface area contributed by atoms with Gasteiger partial charge in [0, 0.05) is 4.47 Å². The molecule has 0 saturated heterocycles. The van der Waals surface area contributed by atoms with Gasteiger partial charge in [-0.1, -0.05) is 113 Å². The molecule has 0 aliphatic heterocycles. The lowest BCUT2D eigenvalue weighted by Crippen LogP contribution is -1.79. The van der Waals surface area contributed by atoms with Crippen LogP contribution in [0.4, 0.5) is 0 Å². The van der Waals surface area contributed by atoms with Crippen LogP contribution < -0.4 is 0 Å². The molecule has 0 amide bonds. The van der Waals surface area contributed by atoms with Crippen molar-refractivity contribution in [1.29, 1.82) is 0 Å². The first kappa shape index (κ1) is 15.5. The van der Waals surface area contributed by atoms with Crippen molar-refractivity contribution in [1.82, 2.24) is 0 Å². The Morgan fingerprint density at radius 2 is 1.04 bits per heavy atom. The largest absolute Gasteiger partial charge is 0.0622 e. The van der Waals surface area contributed by atoms with Crippen LogP contribution in [0.15, 0.2) is 83.3 Å². The summed E-state index contributed by atoms with van der Waals surface area (Å²) in [6.07, 6.45) is 8.51. The highest BCUT2D eigenvalue weighted by molar-refractivity contribution is 9.10. The summed E-state index contributed by atoms with van der Waals surface area (Å²) < 4.78 is 1.10. The van der Waals surface area contributed by atoms with Gasteiger partial charge in [-0.3, -0.25) is 0 Å². The van der Waals surface area contributed by atoms with E-state index >= 15 is 0 Å². The zero-order chi connectivity index (χ0) is 15.9. The van der Waals surface area contributed by atoms with Gasteiger partial charge in [-0.15, -0.1) is 0 Å². The van der Waals surface area contributed by atoms with E-state index in [2.05, 4.69) is 82.7 Å². The fraction of sp³-hybridized carbons (Fsp3) is 0. The lowest BCUT2D eigenvalue weighted by molar-refractivity contribution is 1.57. The molecule has 0 saturated carbocycles. The summed E-state index contributed by atoms with van der Waals surface area (Å²) >= 11 is 3.66. The number of hydrogen-bond acceptors (Lipinski definition) is 0. The molecule has 3 aromatic rings. The van der Waals surface area contributed by atoms with Gasteiger partial charge in [0.1, 0.15) is 0 Å². The highest BCUT2D eigenvalue weighted by atomic mass is 79.9. The first-order valence-corrected chi connectivity index (χ1v) is 8.36. The Morgan fingerprint density at radius 1 is 0.522 bits per heavy atom. The minimum atomic E-state index is 1.10. The third-order valence-electron chi connectivity index (χ3n) is 3.55. The summed E-state index contributed by atoms with van der Waals surface area (Å²) in [5, 5.41) is 0. The van der Waals surface area contributed by atoms with Crippen LogP contribution in [-0.4, -0.2) is 0 Å². The van der Waals surface area contributed by atoms with Gasteiger partial charge in [0.2, 0.25) is 0 Å². The summed E-state index contributed by atoms with van der Waals surface area (Å²) in [5.41, 5.74) is 4.76. The molecule has 0 N–H and O–H groups in total. The average Bonchev–Trinajstić information content (AvgIpc) is 2.61. The average molecular weight is 361 g/mol. The minimum absolute atomic E-state index is 1.10. The van der Waals surface area contributed by atoms with Crippen molar-refractivity contribution in [3.05, 3.63) is 106 Å². The van der Waals surface area contributed by atoms with Gasteiger partial charge >= 0.3 is 0 Å². The van der Waals surface area contributed by atoms with Crippen LogP contribution in [-0.2, 0) is 0 Å². The van der Waals surface area contributed by atoms with E-state index in [9.17, 15) is 0 Å². The Bertz CT molecular complexity index is 815. The minimum Gasteiger partial charge on any atom is -0.0622 e. The molecule has 0 aromatic heterocycles. The van der Waals surface area contributed by atoms with E-state index in [1.807, 2.05) is 36.4 Å². The first-order valence-electron chi connectivity index (χ1n) is 7.57. The maximum atomic E-state index is 3.66. The van der Waals surface area contributed by atoms with Gasteiger partial charge in [0.05, 0.1) is 0 Å². The van der Waals surface area contributed by atoms with E-state index in [1.54, 1.807) is 0 Å². The molecule has 0 aliphatic carbocycles. The lowest BCUT2D eigenvalue weighted by atomic mass is 10.1. The Kier molecular flexibility index (Phi) is 5.23. The fourth-order valence-electron chi connectivity index (χ4n) is 2.29. The normalized spacial score (nSPS) is 11.3. The number of rotatable bonds is 4. The maximum absolute atomic E-state index is 3.66. The predicted molar refractivity (Wildman–Crippen MR) is 105 cm³/mol. The molecule has 0 heterocycles.